The number of halogens is 6. The fraction of sp³-hybridized carbons (Fsp3) is 0.371. The molecule has 6 aromatic rings. The number of carbonyl (C=O) groups is 1. The molecule has 0 heterocycles. The minimum absolute atomic E-state index is 0. The molecule has 0 aromatic heterocycles. The summed E-state index contributed by atoms with van der Waals surface area (Å²) in [4.78, 5) is 18.2. The number of hydrogen-bond donors (Lipinski definition) is 12. The number of nitrogens with two attached hydrogens (primary N) is 4. The topological polar surface area (TPSA) is 291 Å². The molecule has 6 rings (SSSR count). The first kappa shape index (κ1) is 105. The van der Waals surface area contributed by atoms with Crippen molar-refractivity contribution in [3.05, 3.63) is 179 Å². The SMILES string of the molecule is C.C.CC.CC.CC.CC.CC.CC.CC.Cc1ccccc1O.I[I-]I.I[I-]I.NCN.NCN.O=Cc1ccccc1O.Oc1ccccc1C=NCN=Cc1ccccc1O.Oc1ccccc1CNCNCc1ccccc1O. The number of rotatable bonds is 11. The number of aldehydes is 1. The van der Waals surface area contributed by atoms with Gasteiger partial charge in [-0.3, -0.25) is 14.8 Å². The van der Waals surface area contributed by atoms with Crippen LogP contribution in [0, 0.1) is 6.92 Å². The molecule has 0 atom stereocenters. The first-order valence-corrected chi connectivity index (χ1v) is 51.5. The number of carbonyl (C=O) groups excluding carboxylic acids is 1. The first-order valence-electron chi connectivity index (χ1n) is 26.4. The van der Waals surface area contributed by atoms with Gasteiger partial charge in [0.25, 0.3) is 0 Å². The standard InChI is InChI=1S/C15H18N2O2.C15H14N2O2.C7H6O2.C7H8O.7C2H6.2CH6N2.2CH4.2I3/c2*18-14-7-3-1-5-12(14)9-16-11-17-10-13-6-2-4-8-15(13)19;8-5-6-3-1-2-4-7(6)9;1-6-4-2-3-5-7(6)8;7*1-2;2*2-1-3;;;2*1-3-2/h1-8,16-19H,9-11H2;1-10,18-19H,11H2;1-5,9H;2-5,8H,1H3;7*1-2H3;2*1-3H2;2*1H4;;/q;;;;;;;;;;;;;;;2*-1. The van der Waals surface area contributed by atoms with Gasteiger partial charge in [0.1, 0.15) is 41.2 Å². The minimum atomic E-state index is 0. The first-order chi connectivity index (χ1) is 39.3. The van der Waals surface area contributed by atoms with E-state index in [1.807, 2.05) is 158 Å². The third-order valence-electron chi connectivity index (χ3n) is 7.54. The molecule has 0 saturated carbocycles. The van der Waals surface area contributed by atoms with E-state index >= 15 is 0 Å². The molecule has 0 amide bonds. The van der Waals surface area contributed by atoms with E-state index < -0.39 is 0 Å². The Morgan fingerprint density at radius 3 is 0.855 bits per heavy atom. The van der Waals surface area contributed by atoms with Crippen molar-refractivity contribution in [3.63, 3.8) is 0 Å². The number of hydrogen-bond acceptors (Lipinski definition) is 15. The third kappa shape index (κ3) is 71.7. The Morgan fingerprint density at radius 2 is 0.639 bits per heavy atom. The maximum Gasteiger partial charge on any atom is 0.153 e. The molecule has 0 spiro atoms. The van der Waals surface area contributed by atoms with Crippen LogP contribution < -0.4 is 60.1 Å². The molecular weight excluding hydrogens is 1730 g/mol. The zero-order chi connectivity index (χ0) is 64.5. The summed E-state index contributed by atoms with van der Waals surface area (Å²) in [6, 6.07) is 42.1. The molecule has 0 radical (unpaired) electrons. The van der Waals surface area contributed by atoms with E-state index in [1.54, 1.807) is 97.4 Å². The van der Waals surface area contributed by atoms with Gasteiger partial charge in [-0.25, -0.2) is 0 Å². The van der Waals surface area contributed by atoms with Crippen LogP contribution in [0.5, 0.6) is 34.5 Å². The van der Waals surface area contributed by atoms with Gasteiger partial charge >= 0.3 is 101 Å². The van der Waals surface area contributed by atoms with Gasteiger partial charge in [0.05, 0.1) is 5.56 Å². The van der Waals surface area contributed by atoms with Crippen molar-refractivity contribution in [2.75, 3.05) is 26.7 Å². The van der Waals surface area contributed by atoms with Crippen molar-refractivity contribution in [3.8, 4) is 34.5 Å². The number of aliphatic imine (C=N–C) groups is 2. The van der Waals surface area contributed by atoms with Gasteiger partial charge in [0.15, 0.2) is 6.29 Å². The quantitative estimate of drug-likeness (QED) is 0.0189. The number of phenols is 6. The van der Waals surface area contributed by atoms with Crippen LogP contribution in [0.4, 0.5) is 0 Å². The molecule has 21 heteroatoms. The molecule has 16 N–H and O–H groups in total. The fourth-order valence-corrected chi connectivity index (χ4v) is 4.47. The summed E-state index contributed by atoms with van der Waals surface area (Å²) in [6.07, 6.45) is 3.75. The molecule has 0 aliphatic heterocycles. The summed E-state index contributed by atoms with van der Waals surface area (Å²) in [5.41, 5.74) is 22.8. The Bertz CT molecular complexity index is 2090. The van der Waals surface area contributed by atoms with E-state index in [2.05, 4.69) is 118 Å². The summed E-state index contributed by atoms with van der Waals surface area (Å²) in [7, 11) is 0. The minimum Gasteiger partial charge on any atom is -0.508 e. The van der Waals surface area contributed by atoms with Gasteiger partial charge in [0, 0.05) is 67.8 Å². The molecule has 0 saturated heterocycles. The molecule has 6 aromatic carbocycles. The van der Waals surface area contributed by atoms with E-state index in [-0.39, 0.29) is 52.1 Å². The van der Waals surface area contributed by atoms with Gasteiger partial charge in [0.2, 0.25) is 0 Å². The van der Waals surface area contributed by atoms with Crippen molar-refractivity contribution in [2.45, 2.75) is 132 Å². The fourth-order valence-electron chi connectivity index (χ4n) is 4.47. The zero-order valence-corrected chi connectivity index (χ0v) is 63.3. The van der Waals surface area contributed by atoms with Crippen molar-refractivity contribution in [1.82, 2.24) is 10.6 Å². The molecular formula is C62H108I6N8O7-2. The molecule has 0 unspecified atom stereocenters. The van der Waals surface area contributed by atoms with E-state index in [4.69, 9.17) is 10.2 Å². The third-order valence-corrected chi connectivity index (χ3v) is 7.54. The van der Waals surface area contributed by atoms with E-state index in [0.717, 1.165) is 16.7 Å². The van der Waals surface area contributed by atoms with Gasteiger partial charge < -0.3 is 64.2 Å². The van der Waals surface area contributed by atoms with Crippen molar-refractivity contribution < 1.29 is 61.9 Å². The van der Waals surface area contributed by atoms with Crippen LogP contribution in [-0.4, -0.2) is 76.0 Å². The smallest absolute Gasteiger partial charge is 0.153 e. The Balaban J connectivity index is -0.0000000832. The number of benzene rings is 6. The number of para-hydroxylation sites is 6. The van der Waals surface area contributed by atoms with Gasteiger partial charge in [-0.15, -0.1) is 0 Å². The second kappa shape index (κ2) is 93.0. The van der Waals surface area contributed by atoms with E-state index in [0.29, 0.717) is 86.5 Å². The molecule has 15 nitrogen and oxygen atoms in total. The molecule has 0 bridgehead atoms. The monoisotopic (exact) mass is 1840 g/mol. The molecule has 0 aliphatic carbocycles. The van der Waals surface area contributed by atoms with E-state index in [9.17, 15) is 25.2 Å². The molecule has 0 aliphatic rings. The van der Waals surface area contributed by atoms with E-state index in [1.165, 1.54) is 6.07 Å². The normalized spacial score (nSPS) is 8.33. The summed E-state index contributed by atoms with van der Waals surface area (Å²) >= 11 is 10.6. The number of nitrogens with zero attached hydrogens (tertiary/aromatic N) is 2. The van der Waals surface area contributed by atoms with Gasteiger partial charge in [-0.2, -0.15) is 0 Å². The number of phenolic OH excluding ortho intramolecular Hbond substituents is 6. The summed E-state index contributed by atoms with van der Waals surface area (Å²) in [5, 5.41) is 62.4. The predicted octanol–water partition coefficient (Wildman–Crippen LogP) is 11.2. The Hall–Kier alpha value is -2.73. The second-order valence-electron chi connectivity index (χ2n) is 12.2. The number of aryl methyl sites for hydroxylation is 1. The van der Waals surface area contributed by atoms with Gasteiger partial charge in [-0.05, 0) is 67.1 Å². The molecule has 482 valence electrons. The van der Waals surface area contributed by atoms with Crippen LogP contribution in [0.3, 0.4) is 0 Å². The molecule has 83 heavy (non-hydrogen) atoms. The van der Waals surface area contributed by atoms with Crippen molar-refractivity contribution >= 4 is 93.2 Å². The molecule has 0 fully saturated rings. The second-order valence-corrected chi connectivity index (χ2v) is 44.7. The average Bonchev–Trinajstić information content (AvgIpc) is 3.50. The van der Waals surface area contributed by atoms with Crippen LogP contribution in [0.15, 0.2) is 156 Å². The Morgan fingerprint density at radius 1 is 0.410 bits per heavy atom. The van der Waals surface area contributed by atoms with Crippen LogP contribution in [-0.2, 0) is 13.1 Å². The number of aromatic hydroxyl groups is 6. The summed E-state index contributed by atoms with van der Waals surface area (Å²) < 4.78 is 0. The van der Waals surface area contributed by atoms with Crippen LogP contribution in [0.1, 0.15) is 150 Å². The van der Waals surface area contributed by atoms with Gasteiger partial charge in [-0.1, -0.05) is 203 Å². The Labute approximate surface area is 563 Å². The van der Waals surface area contributed by atoms with Crippen LogP contribution in [0.2, 0.25) is 0 Å². The van der Waals surface area contributed by atoms with Crippen LogP contribution in [0.25, 0.3) is 0 Å². The summed E-state index contributed by atoms with van der Waals surface area (Å²) in [6.45, 7) is 32.4. The predicted molar refractivity (Wildman–Crippen MR) is 393 cm³/mol. The van der Waals surface area contributed by atoms with Crippen LogP contribution >= 0.6 is 74.5 Å². The maximum atomic E-state index is 10.1. The Kier molecular flexibility index (Phi) is 118. The maximum absolute atomic E-state index is 10.1. The number of nitrogens with one attached hydrogen (secondary N) is 2. The van der Waals surface area contributed by atoms with Crippen molar-refractivity contribution in [2.24, 2.45) is 32.9 Å². The largest absolute Gasteiger partial charge is 0.508 e. The average molecular weight is 1840 g/mol. The summed E-state index contributed by atoms with van der Waals surface area (Å²) in [5.74, 6) is 1.39. The van der Waals surface area contributed by atoms with Crippen molar-refractivity contribution in [1.29, 1.82) is 0 Å². The zero-order valence-electron chi connectivity index (χ0n) is 50.4.